The third kappa shape index (κ3) is 4.09. The fraction of sp³-hybridized carbons (Fsp3) is 0.273. The Kier molecular flexibility index (Phi) is 5.70. The number of nitrogens with zero attached hydrogens (tertiary/aromatic N) is 2. The molecule has 2 aromatic carbocycles. The molecule has 10 heteroatoms. The highest BCUT2D eigenvalue weighted by Crippen LogP contribution is 2.33. The van der Waals surface area contributed by atoms with Gasteiger partial charge in [-0.05, 0) is 42.3 Å². The molecule has 0 aliphatic carbocycles. The molecule has 0 aromatic heterocycles. The first-order chi connectivity index (χ1) is 15.2. The summed E-state index contributed by atoms with van der Waals surface area (Å²) in [5, 5.41) is 12.4. The minimum Gasteiger partial charge on any atom is -0.391 e. The molecule has 2 aliphatic rings. The smallest absolute Gasteiger partial charge is 0.313 e. The third-order valence-corrected chi connectivity index (χ3v) is 5.46. The van der Waals surface area contributed by atoms with Crippen molar-refractivity contribution in [3.8, 4) is 0 Å². The number of hydrogen-bond donors (Lipinski definition) is 2. The van der Waals surface area contributed by atoms with Gasteiger partial charge in [0.25, 0.3) is 0 Å². The van der Waals surface area contributed by atoms with Gasteiger partial charge in [-0.1, -0.05) is 12.1 Å². The van der Waals surface area contributed by atoms with Crippen LogP contribution in [0.15, 0.2) is 42.5 Å². The molecule has 0 bridgehead atoms. The highest BCUT2D eigenvalue weighted by Gasteiger charge is 2.38. The molecular formula is C22H19F2N3O5. The van der Waals surface area contributed by atoms with Crippen molar-refractivity contribution in [1.82, 2.24) is 4.90 Å². The monoisotopic (exact) mass is 443 g/mol. The fourth-order valence-corrected chi connectivity index (χ4v) is 3.99. The van der Waals surface area contributed by atoms with Crippen LogP contribution in [0.5, 0.6) is 0 Å². The van der Waals surface area contributed by atoms with Gasteiger partial charge < -0.3 is 15.3 Å². The molecule has 2 aliphatic heterocycles. The standard InChI is InChI=1S/C22H19F2N3O5/c23-13-3-1-2-12(8-13)17-10-15(28)11-26(17)22(32)21(31)25-14-4-5-16(24)18(9-14)27-19(29)6-7-20(27)30/h1-5,8-9,15,17,28H,6-7,10-11H2,(H,25,31). The largest absolute Gasteiger partial charge is 0.391 e. The zero-order chi connectivity index (χ0) is 23.0. The fourth-order valence-electron chi connectivity index (χ4n) is 3.99. The van der Waals surface area contributed by atoms with E-state index in [4.69, 9.17) is 0 Å². The second-order valence-corrected chi connectivity index (χ2v) is 7.66. The van der Waals surface area contributed by atoms with Crippen molar-refractivity contribution in [2.75, 3.05) is 16.8 Å². The van der Waals surface area contributed by atoms with Gasteiger partial charge in [-0.25, -0.2) is 13.7 Å². The van der Waals surface area contributed by atoms with Gasteiger partial charge in [-0.2, -0.15) is 0 Å². The topological polar surface area (TPSA) is 107 Å². The van der Waals surface area contributed by atoms with Crippen LogP contribution in [0.25, 0.3) is 0 Å². The Morgan fingerprint density at radius 2 is 1.75 bits per heavy atom. The molecule has 2 N–H and O–H groups in total. The molecule has 166 valence electrons. The summed E-state index contributed by atoms with van der Waals surface area (Å²) >= 11 is 0. The average Bonchev–Trinajstić information content (AvgIpc) is 3.30. The van der Waals surface area contributed by atoms with Crippen molar-refractivity contribution in [2.45, 2.75) is 31.4 Å². The van der Waals surface area contributed by atoms with Crippen molar-refractivity contribution < 1.29 is 33.1 Å². The molecule has 32 heavy (non-hydrogen) atoms. The highest BCUT2D eigenvalue weighted by atomic mass is 19.1. The van der Waals surface area contributed by atoms with E-state index in [2.05, 4.69) is 5.32 Å². The molecule has 8 nitrogen and oxygen atoms in total. The zero-order valence-electron chi connectivity index (χ0n) is 16.8. The Bertz CT molecular complexity index is 1110. The minimum atomic E-state index is -1.06. The Hall–Kier alpha value is -3.66. The number of carbonyl (C=O) groups is 4. The van der Waals surface area contributed by atoms with Gasteiger partial charge in [0, 0.05) is 25.1 Å². The van der Waals surface area contributed by atoms with Gasteiger partial charge in [0.05, 0.1) is 17.8 Å². The molecule has 0 radical (unpaired) electrons. The number of amides is 4. The molecule has 2 fully saturated rings. The van der Waals surface area contributed by atoms with Gasteiger partial charge in [0.15, 0.2) is 0 Å². The summed E-state index contributed by atoms with van der Waals surface area (Å²) in [6.07, 6.45) is -0.815. The summed E-state index contributed by atoms with van der Waals surface area (Å²) in [4.78, 5) is 51.1. The number of aliphatic hydroxyl groups excluding tert-OH is 1. The lowest BCUT2D eigenvalue weighted by molar-refractivity contribution is -0.144. The average molecular weight is 443 g/mol. The van der Waals surface area contributed by atoms with Crippen molar-refractivity contribution in [1.29, 1.82) is 0 Å². The van der Waals surface area contributed by atoms with Crippen LogP contribution in [0.1, 0.15) is 30.9 Å². The van der Waals surface area contributed by atoms with Crippen molar-refractivity contribution >= 4 is 35.0 Å². The Morgan fingerprint density at radius 1 is 1.03 bits per heavy atom. The van der Waals surface area contributed by atoms with E-state index < -0.39 is 47.4 Å². The lowest BCUT2D eigenvalue weighted by atomic mass is 10.0. The van der Waals surface area contributed by atoms with Crippen molar-refractivity contribution in [3.63, 3.8) is 0 Å². The number of likely N-dealkylation sites (tertiary alicyclic amines) is 1. The number of nitrogens with one attached hydrogen (secondary N) is 1. The number of β-amino-alcohol motifs (C(OH)–C–C–N with tert-alkyl or cyclic N) is 1. The molecular weight excluding hydrogens is 424 g/mol. The van der Waals surface area contributed by atoms with Crippen LogP contribution >= 0.6 is 0 Å². The maximum atomic E-state index is 14.2. The molecule has 2 atom stereocenters. The van der Waals surface area contributed by atoms with Crippen LogP contribution in [0, 0.1) is 11.6 Å². The van der Waals surface area contributed by atoms with E-state index >= 15 is 0 Å². The van der Waals surface area contributed by atoms with Crippen LogP contribution < -0.4 is 10.2 Å². The predicted molar refractivity (Wildman–Crippen MR) is 108 cm³/mol. The number of halogens is 2. The molecule has 2 heterocycles. The van der Waals surface area contributed by atoms with Crippen LogP contribution in [-0.2, 0) is 19.2 Å². The first kappa shape index (κ1) is 21.6. The van der Waals surface area contributed by atoms with Crippen molar-refractivity contribution in [2.24, 2.45) is 0 Å². The SMILES string of the molecule is O=C(Nc1ccc(F)c(N2C(=O)CCC2=O)c1)C(=O)N1CC(O)CC1c1cccc(F)c1. The van der Waals surface area contributed by atoms with Crippen LogP contribution in [0.4, 0.5) is 20.2 Å². The number of imide groups is 1. The van der Waals surface area contributed by atoms with Gasteiger partial charge in [-0.15, -0.1) is 0 Å². The number of benzene rings is 2. The Balaban J connectivity index is 1.53. The first-order valence-electron chi connectivity index (χ1n) is 9.95. The molecule has 0 spiro atoms. The van der Waals surface area contributed by atoms with Gasteiger partial charge in [-0.3, -0.25) is 19.2 Å². The number of hydrogen-bond acceptors (Lipinski definition) is 5. The number of carbonyl (C=O) groups excluding carboxylic acids is 4. The first-order valence-corrected chi connectivity index (χ1v) is 9.95. The van der Waals surface area contributed by atoms with E-state index in [1.54, 1.807) is 6.07 Å². The Labute approximate surface area is 181 Å². The van der Waals surface area contributed by atoms with Crippen LogP contribution in [0.2, 0.25) is 0 Å². The van der Waals surface area contributed by atoms with E-state index in [1.165, 1.54) is 24.3 Å². The quantitative estimate of drug-likeness (QED) is 0.557. The lowest BCUT2D eigenvalue weighted by Crippen LogP contribution is -2.40. The molecule has 2 saturated heterocycles. The van der Waals surface area contributed by atoms with Gasteiger partial charge in [0.2, 0.25) is 11.8 Å². The number of rotatable bonds is 3. The number of anilines is 2. The van der Waals surface area contributed by atoms with Gasteiger partial charge in [0.1, 0.15) is 11.6 Å². The highest BCUT2D eigenvalue weighted by molar-refractivity contribution is 6.39. The molecule has 4 amide bonds. The predicted octanol–water partition coefficient (Wildman–Crippen LogP) is 1.89. The summed E-state index contributed by atoms with van der Waals surface area (Å²) in [5.74, 6) is -4.47. The summed E-state index contributed by atoms with van der Waals surface area (Å²) in [7, 11) is 0. The number of aliphatic hydroxyl groups is 1. The molecule has 4 rings (SSSR count). The molecule has 2 unspecified atom stereocenters. The second kappa shape index (κ2) is 8.46. The van der Waals surface area contributed by atoms with E-state index in [1.807, 2.05) is 0 Å². The van der Waals surface area contributed by atoms with Crippen molar-refractivity contribution in [3.05, 3.63) is 59.7 Å². The van der Waals surface area contributed by atoms with E-state index in [0.29, 0.717) is 10.5 Å². The summed E-state index contributed by atoms with van der Waals surface area (Å²) < 4.78 is 27.8. The lowest BCUT2D eigenvalue weighted by Gasteiger charge is -2.24. The maximum absolute atomic E-state index is 14.2. The van der Waals surface area contributed by atoms with Gasteiger partial charge >= 0.3 is 11.8 Å². The molecule has 0 saturated carbocycles. The Morgan fingerprint density at radius 3 is 2.44 bits per heavy atom. The maximum Gasteiger partial charge on any atom is 0.313 e. The zero-order valence-corrected chi connectivity index (χ0v) is 16.8. The minimum absolute atomic E-state index is 0.00861. The van der Waals surface area contributed by atoms with E-state index in [9.17, 15) is 33.1 Å². The second-order valence-electron chi connectivity index (χ2n) is 7.66. The molecule has 2 aromatic rings. The van der Waals surface area contributed by atoms with Crippen LogP contribution in [-0.4, -0.2) is 46.3 Å². The van der Waals surface area contributed by atoms with Crippen LogP contribution in [0.3, 0.4) is 0 Å². The van der Waals surface area contributed by atoms with E-state index in [0.717, 1.165) is 17.0 Å². The normalized spacial score (nSPS) is 20.7. The summed E-state index contributed by atoms with van der Waals surface area (Å²) in [6, 6.07) is 8.13. The summed E-state index contributed by atoms with van der Waals surface area (Å²) in [5.41, 5.74) is 0.143. The van der Waals surface area contributed by atoms with E-state index in [-0.39, 0.29) is 37.2 Å². The summed E-state index contributed by atoms with van der Waals surface area (Å²) in [6.45, 7) is -0.112. The third-order valence-electron chi connectivity index (χ3n) is 5.46.